The Morgan fingerprint density at radius 2 is 2.05 bits per heavy atom. The average Bonchev–Trinajstić information content (AvgIpc) is 2.39. The Morgan fingerprint density at radius 1 is 1.32 bits per heavy atom. The van der Waals surface area contributed by atoms with E-state index in [4.69, 9.17) is 5.11 Å². The number of phenolic OH excluding ortho intramolecular Hbond substituents is 2. The summed E-state index contributed by atoms with van der Waals surface area (Å²) in [5, 5.41) is 30.6. The van der Waals surface area contributed by atoms with Gasteiger partial charge in [-0.05, 0) is 30.9 Å². The van der Waals surface area contributed by atoms with Crippen molar-refractivity contribution in [2.45, 2.75) is 26.2 Å². The molecule has 0 saturated carbocycles. The third-order valence-corrected chi connectivity index (χ3v) is 3.04. The molecule has 106 valence electrons. The smallest absolute Gasteiger partial charge is 0.255 e. The number of phenols is 2. The van der Waals surface area contributed by atoms with Crippen LogP contribution in [0.5, 0.6) is 11.5 Å². The van der Waals surface area contributed by atoms with Crippen LogP contribution < -0.4 is 5.32 Å². The van der Waals surface area contributed by atoms with Crippen molar-refractivity contribution in [1.29, 1.82) is 0 Å². The molecular weight excluding hydrogens is 246 g/mol. The molecule has 0 heterocycles. The van der Waals surface area contributed by atoms with Crippen LogP contribution in [-0.4, -0.2) is 34.4 Å². The first-order valence-electron chi connectivity index (χ1n) is 6.50. The van der Waals surface area contributed by atoms with E-state index >= 15 is 0 Å². The number of rotatable bonds is 7. The SMILES string of the molecule is CCCC(CCO)CNC(=O)c1cccc(O)c1O. The lowest BCUT2D eigenvalue weighted by molar-refractivity contribution is 0.0939. The highest BCUT2D eigenvalue weighted by molar-refractivity contribution is 5.97. The van der Waals surface area contributed by atoms with Crippen molar-refractivity contribution in [3.63, 3.8) is 0 Å². The van der Waals surface area contributed by atoms with E-state index in [1.807, 2.05) is 6.92 Å². The van der Waals surface area contributed by atoms with E-state index in [2.05, 4.69) is 5.32 Å². The molecule has 0 fully saturated rings. The Morgan fingerprint density at radius 3 is 2.68 bits per heavy atom. The molecule has 4 N–H and O–H groups in total. The van der Waals surface area contributed by atoms with Crippen LogP contribution in [0, 0.1) is 5.92 Å². The number of aliphatic hydroxyl groups excluding tert-OH is 1. The van der Waals surface area contributed by atoms with Gasteiger partial charge in [-0.15, -0.1) is 0 Å². The van der Waals surface area contributed by atoms with Crippen molar-refractivity contribution in [3.05, 3.63) is 23.8 Å². The molecule has 1 unspecified atom stereocenters. The van der Waals surface area contributed by atoms with Crippen molar-refractivity contribution < 1.29 is 20.1 Å². The van der Waals surface area contributed by atoms with Gasteiger partial charge in [-0.2, -0.15) is 0 Å². The van der Waals surface area contributed by atoms with Crippen LogP contribution >= 0.6 is 0 Å². The highest BCUT2D eigenvalue weighted by Gasteiger charge is 2.15. The zero-order valence-corrected chi connectivity index (χ0v) is 11.1. The fourth-order valence-electron chi connectivity index (χ4n) is 1.99. The van der Waals surface area contributed by atoms with E-state index in [9.17, 15) is 15.0 Å². The summed E-state index contributed by atoms with van der Waals surface area (Å²) in [5.41, 5.74) is 0.0549. The summed E-state index contributed by atoms with van der Waals surface area (Å²) in [5.74, 6) is -0.923. The molecule has 0 aromatic heterocycles. The number of amides is 1. The van der Waals surface area contributed by atoms with Gasteiger partial charge >= 0.3 is 0 Å². The molecule has 0 aliphatic heterocycles. The minimum atomic E-state index is -0.424. The van der Waals surface area contributed by atoms with Crippen LogP contribution in [0.3, 0.4) is 0 Å². The van der Waals surface area contributed by atoms with Crippen LogP contribution in [0.15, 0.2) is 18.2 Å². The van der Waals surface area contributed by atoms with Gasteiger partial charge in [0.25, 0.3) is 5.91 Å². The minimum absolute atomic E-state index is 0.0549. The van der Waals surface area contributed by atoms with E-state index < -0.39 is 11.7 Å². The van der Waals surface area contributed by atoms with Crippen molar-refractivity contribution in [2.75, 3.05) is 13.2 Å². The van der Waals surface area contributed by atoms with E-state index in [0.717, 1.165) is 12.8 Å². The van der Waals surface area contributed by atoms with Crippen LogP contribution in [0.2, 0.25) is 0 Å². The normalized spacial score (nSPS) is 12.1. The number of carbonyl (C=O) groups is 1. The fraction of sp³-hybridized carbons (Fsp3) is 0.500. The molecule has 0 saturated heterocycles. The summed E-state index contributed by atoms with van der Waals surface area (Å²) in [6.07, 6.45) is 2.55. The molecule has 0 spiro atoms. The lowest BCUT2D eigenvalue weighted by atomic mass is 10.00. The van der Waals surface area contributed by atoms with Crippen molar-refractivity contribution in [2.24, 2.45) is 5.92 Å². The third kappa shape index (κ3) is 4.44. The Balaban J connectivity index is 2.61. The van der Waals surface area contributed by atoms with Gasteiger partial charge < -0.3 is 20.6 Å². The first kappa shape index (κ1) is 15.3. The lowest BCUT2D eigenvalue weighted by Crippen LogP contribution is -2.29. The second-order valence-electron chi connectivity index (χ2n) is 4.55. The first-order valence-corrected chi connectivity index (χ1v) is 6.50. The van der Waals surface area contributed by atoms with Crippen LogP contribution in [-0.2, 0) is 0 Å². The lowest BCUT2D eigenvalue weighted by Gasteiger charge is -2.16. The standard InChI is InChI=1S/C14H21NO4/c1-2-4-10(7-8-16)9-15-14(19)11-5-3-6-12(17)13(11)18/h3,5-6,10,16-18H,2,4,7-9H2,1H3,(H,15,19). The van der Waals surface area contributed by atoms with Gasteiger partial charge in [-0.3, -0.25) is 4.79 Å². The molecule has 0 aliphatic carbocycles. The molecule has 19 heavy (non-hydrogen) atoms. The number of carbonyl (C=O) groups excluding carboxylic acids is 1. The maximum Gasteiger partial charge on any atom is 0.255 e. The Hall–Kier alpha value is -1.75. The van der Waals surface area contributed by atoms with Crippen LogP contribution in [0.25, 0.3) is 0 Å². The van der Waals surface area contributed by atoms with Gasteiger partial charge in [-0.25, -0.2) is 0 Å². The maximum atomic E-state index is 11.9. The molecule has 1 aromatic carbocycles. The van der Waals surface area contributed by atoms with Crippen molar-refractivity contribution in [1.82, 2.24) is 5.32 Å². The van der Waals surface area contributed by atoms with Gasteiger partial charge in [0.1, 0.15) is 0 Å². The van der Waals surface area contributed by atoms with Crippen molar-refractivity contribution in [3.8, 4) is 11.5 Å². The maximum absolute atomic E-state index is 11.9. The highest BCUT2D eigenvalue weighted by Crippen LogP contribution is 2.27. The van der Waals surface area contributed by atoms with Crippen LogP contribution in [0.1, 0.15) is 36.5 Å². The number of aromatic hydroxyl groups is 2. The molecule has 0 radical (unpaired) electrons. The van der Waals surface area contributed by atoms with Crippen LogP contribution in [0.4, 0.5) is 0 Å². The summed E-state index contributed by atoms with van der Waals surface area (Å²) in [4.78, 5) is 11.9. The average molecular weight is 267 g/mol. The Labute approximate surface area is 112 Å². The molecule has 1 aromatic rings. The van der Waals surface area contributed by atoms with Gasteiger partial charge in [0.15, 0.2) is 11.5 Å². The predicted molar refractivity (Wildman–Crippen MR) is 72.2 cm³/mol. The predicted octanol–water partition coefficient (Wildman–Crippen LogP) is 1.63. The molecule has 5 nitrogen and oxygen atoms in total. The third-order valence-electron chi connectivity index (χ3n) is 3.04. The Bertz CT molecular complexity index is 414. The topological polar surface area (TPSA) is 89.8 Å². The monoisotopic (exact) mass is 267 g/mol. The zero-order valence-electron chi connectivity index (χ0n) is 11.1. The zero-order chi connectivity index (χ0) is 14.3. The summed E-state index contributed by atoms with van der Waals surface area (Å²) >= 11 is 0. The quantitative estimate of drug-likeness (QED) is 0.565. The number of para-hydroxylation sites is 1. The summed E-state index contributed by atoms with van der Waals surface area (Å²) < 4.78 is 0. The molecule has 5 heteroatoms. The number of nitrogens with one attached hydrogen (secondary N) is 1. The first-order chi connectivity index (χ1) is 9.10. The molecular formula is C14H21NO4. The highest BCUT2D eigenvalue weighted by atomic mass is 16.3. The number of aliphatic hydroxyl groups is 1. The second-order valence-corrected chi connectivity index (χ2v) is 4.55. The van der Waals surface area contributed by atoms with Crippen molar-refractivity contribution >= 4 is 5.91 Å². The number of hydrogen-bond acceptors (Lipinski definition) is 4. The molecule has 1 rings (SSSR count). The fourth-order valence-corrected chi connectivity index (χ4v) is 1.99. The van der Waals surface area contributed by atoms with Gasteiger partial charge in [0.2, 0.25) is 0 Å². The summed E-state index contributed by atoms with van der Waals surface area (Å²) in [6, 6.07) is 4.27. The molecule has 0 bridgehead atoms. The van der Waals surface area contributed by atoms with E-state index in [0.29, 0.717) is 13.0 Å². The van der Waals surface area contributed by atoms with E-state index in [1.54, 1.807) is 0 Å². The largest absolute Gasteiger partial charge is 0.504 e. The minimum Gasteiger partial charge on any atom is -0.504 e. The van der Waals surface area contributed by atoms with E-state index in [1.165, 1.54) is 18.2 Å². The summed E-state index contributed by atoms with van der Waals surface area (Å²) in [7, 11) is 0. The second kappa shape index (κ2) is 7.63. The molecule has 1 amide bonds. The van der Waals surface area contributed by atoms with Gasteiger partial charge in [0.05, 0.1) is 5.56 Å². The molecule has 1 atom stereocenters. The molecule has 0 aliphatic rings. The number of hydrogen-bond donors (Lipinski definition) is 4. The summed E-state index contributed by atoms with van der Waals surface area (Å²) in [6.45, 7) is 2.59. The van der Waals surface area contributed by atoms with Gasteiger partial charge in [-0.1, -0.05) is 19.4 Å². The Kier molecular flexibility index (Phi) is 6.15. The van der Waals surface area contributed by atoms with Gasteiger partial charge in [0, 0.05) is 13.2 Å². The number of benzene rings is 1. The van der Waals surface area contributed by atoms with E-state index in [-0.39, 0.29) is 23.8 Å².